The summed E-state index contributed by atoms with van der Waals surface area (Å²) < 4.78 is 6.95. The summed E-state index contributed by atoms with van der Waals surface area (Å²) >= 11 is 6.10. The number of halogens is 1. The minimum atomic E-state index is -0.262. The Morgan fingerprint density at radius 1 is 1.40 bits per heavy atom. The van der Waals surface area contributed by atoms with E-state index >= 15 is 0 Å². The molecule has 0 saturated heterocycles. The Kier molecular flexibility index (Phi) is 5.04. The number of ether oxygens (including phenoxy) is 1. The van der Waals surface area contributed by atoms with Gasteiger partial charge in [-0.05, 0) is 25.1 Å². The van der Waals surface area contributed by atoms with Gasteiger partial charge in [-0.3, -0.25) is 14.6 Å². The fourth-order valence-corrected chi connectivity index (χ4v) is 2.67. The first-order valence-corrected chi connectivity index (χ1v) is 8.18. The SMILES string of the molecule is CCn1ncc(Cl)c1CNC(=O)c1cc(-c2cccc(OC)c2)n[nH]1. The number of nitrogens with one attached hydrogen (secondary N) is 2. The quantitative estimate of drug-likeness (QED) is 0.708. The molecule has 0 unspecified atom stereocenters. The second kappa shape index (κ2) is 7.40. The molecule has 0 fully saturated rings. The van der Waals surface area contributed by atoms with Crippen LogP contribution in [-0.4, -0.2) is 33.0 Å². The predicted octanol–water partition coefficient (Wildman–Crippen LogP) is 2.89. The largest absolute Gasteiger partial charge is 0.497 e. The standard InChI is InChI=1S/C17H18ClN5O2/c1-3-23-16(13(18)9-20-23)10-19-17(24)15-8-14(21-22-15)11-5-4-6-12(7-11)25-2/h4-9H,3,10H2,1-2H3,(H,19,24)(H,21,22). The van der Waals surface area contributed by atoms with E-state index < -0.39 is 0 Å². The molecular weight excluding hydrogens is 342 g/mol. The van der Waals surface area contributed by atoms with Crippen LogP contribution in [0.2, 0.25) is 5.02 Å². The van der Waals surface area contributed by atoms with Crippen molar-refractivity contribution in [3.05, 3.63) is 52.9 Å². The van der Waals surface area contributed by atoms with Gasteiger partial charge in [-0.2, -0.15) is 10.2 Å². The Labute approximate surface area is 150 Å². The van der Waals surface area contributed by atoms with E-state index in [-0.39, 0.29) is 5.91 Å². The molecule has 0 saturated carbocycles. The molecule has 0 atom stereocenters. The number of hydrogen-bond donors (Lipinski definition) is 2. The van der Waals surface area contributed by atoms with Gasteiger partial charge in [0.2, 0.25) is 0 Å². The number of carbonyl (C=O) groups is 1. The highest BCUT2D eigenvalue weighted by atomic mass is 35.5. The van der Waals surface area contributed by atoms with E-state index in [0.29, 0.717) is 29.5 Å². The molecule has 0 aliphatic heterocycles. The van der Waals surface area contributed by atoms with E-state index in [1.54, 1.807) is 24.1 Å². The molecule has 2 N–H and O–H groups in total. The van der Waals surface area contributed by atoms with Crippen LogP contribution in [0.1, 0.15) is 23.1 Å². The van der Waals surface area contributed by atoms with Gasteiger partial charge in [0, 0.05) is 12.1 Å². The third-order valence-electron chi connectivity index (χ3n) is 3.80. The Morgan fingerprint density at radius 2 is 2.24 bits per heavy atom. The molecule has 130 valence electrons. The minimum absolute atomic E-state index is 0.262. The number of H-pyrrole nitrogens is 1. The van der Waals surface area contributed by atoms with Crippen LogP contribution in [0.4, 0.5) is 0 Å². The van der Waals surface area contributed by atoms with Gasteiger partial charge in [0.15, 0.2) is 0 Å². The van der Waals surface area contributed by atoms with Gasteiger partial charge in [0.1, 0.15) is 11.4 Å². The number of aryl methyl sites for hydroxylation is 1. The van der Waals surface area contributed by atoms with Crippen LogP contribution in [-0.2, 0) is 13.1 Å². The Bertz CT molecular complexity index is 887. The average molecular weight is 360 g/mol. The van der Waals surface area contributed by atoms with Gasteiger partial charge < -0.3 is 10.1 Å². The van der Waals surface area contributed by atoms with Gasteiger partial charge in [0.25, 0.3) is 5.91 Å². The highest BCUT2D eigenvalue weighted by Crippen LogP contribution is 2.22. The van der Waals surface area contributed by atoms with Crippen LogP contribution in [0, 0.1) is 0 Å². The van der Waals surface area contributed by atoms with Crippen LogP contribution in [0.3, 0.4) is 0 Å². The molecular formula is C17H18ClN5O2. The molecule has 0 radical (unpaired) electrons. The van der Waals surface area contributed by atoms with Crippen molar-refractivity contribution in [3.8, 4) is 17.0 Å². The van der Waals surface area contributed by atoms with Crippen molar-refractivity contribution >= 4 is 17.5 Å². The molecule has 0 bridgehead atoms. The van der Waals surface area contributed by atoms with Gasteiger partial charge in [-0.1, -0.05) is 23.7 Å². The normalized spacial score (nSPS) is 10.7. The van der Waals surface area contributed by atoms with Gasteiger partial charge in [-0.25, -0.2) is 0 Å². The fourth-order valence-electron chi connectivity index (χ4n) is 2.46. The second-order valence-electron chi connectivity index (χ2n) is 5.34. The van der Waals surface area contributed by atoms with Gasteiger partial charge in [0.05, 0.1) is 36.3 Å². The zero-order valence-electron chi connectivity index (χ0n) is 13.9. The smallest absolute Gasteiger partial charge is 0.269 e. The van der Waals surface area contributed by atoms with Crippen molar-refractivity contribution in [3.63, 3.8) is 0 Å². The third-order valence-corrected chi connectivity index (χ3v) is 4.12. The van der Waals surface area contributed by atoms with Crippen LogP contribution in [0.5, 0.6) is 5.75 Å². The van der Waals surface area contributed by atoms with E-state index in [1.165, 1.54) is 0 Å². The average Bonchev–Trinajstić information content (AvgIpc) is 3.27. The number of carbonyl (C=O) groups excluding carboxylic acids is 1. The van der Waals surface area contributed by atoms with Crippen LogP contribution >= 0.6 is 11.6 Å². The van der Waals surface area contributed by atoms with Gasteiger partial charge >= 0.3 is 0 Å². The summed E-state index contributed by atoms with van der Waals surface area (Å²) in [4.78, 5) is 12.3. The summed E-state index contributed by atoms with van der Waals surface area (Å²) in [5, 5.41) is 14.5. The van der Waals surface area contributed by atoms with E-state index in [2.05, 4.69) is 20.6 Å². The van der Waals surface area contributed by atoms with Crippen LogP contribution in [0.25, 0.3) is 11.3 Å². The molecule has 3 aromatic rings. The van der Waals surface area contributed by atoms with Crippen LogP contribution in [0.15, 0.2) is 36.5 Å². The van der Waals surface area contributed by atoms with Crippen molar-refractivity contribution in [2.75, 3.05) is 7.11 Å². The van der Waals surface area contributed by atoms with Gasteiger partial charge in [-0.15, -0.1) is 0 Å². The lowest BCUT2D eigenvalue weighted by Crippen LogP contribution is -2.24. The van der Waals surface area contributed by atoms with E-state index in [9.17, 15) is 4.79 Å². The van der Waals surface area contributed by atoms with Crippen LogP contribution < -0.4 is 10.1 Å². The third kappa shape index (κ3) is 3.66. The number of benzene rings is 1. The first kappa shape index (κ1) is 17.0. The van der Waals surface area contributed by atoms with Crippen molar-refractivity contribution in [1.82, 2.24) is 25.3 Å². The number of aromatic amines is 1. The van der Waals surface area contributed by atoms with E-state index in [1.807, 2.05) is 31.2 Å². The summed E-state index contributed by atoms with van der Waals surface area (Å²) in [6.07, 6.45) is 1.57. The molecule has 3 rings (SSSR count). The summed E-state index contributed by atoms with van der Waals surface area (Å²) in [6.45, 7) is 2.94. The Balaban J connectivity index is 1.71. The summed E-state index contributed by atoms with van der Waals surface area (Å²) in [5.74, 6) is 0.468. The minimum Gasteiger partial charge on any atom is -0.497 e. The fraction of sp³-hybridized carbons (Fsp3) is 0.235. The van der Waals surface area contributed by atoms with Crippen molar-refractivity contribution in [2.24, 2.45) is 0 Å². The number of methoxy groups -OCH3 is 1. The number of aromatic nitrogens is 4. The number of rotatable bonds is 6. The predicted molar refractivity (Wildman–Crippen MR) is 94.7 cm³/mol. The molecule has 25 heavy (non-hydrogen) atoms. The maximum absolute atomic E-state index is 12.3. The molecule has 1 amide bonds. The van der Waals surface area contributed by atoms with E-state index in [0.717, 1.165) is 17.0 Å². The molecule has 7 nitrogen and oxygen atoms in total. The lowest BCUT2D eigenvalue weighted by atomic mass is 10.1. The Hall–Kier alpha value is -2.80. The molecule has 2 aromatic heterocycles. The molecule has 0 spiro atoms. The molecule has 1 aromatic carbocycles. The molecule has 0 aliphatic rings. The number of amides is 1. The molecule has 0 aliphatic carbocycles. The van der Waals surface area contributed by atoms with E-state index in [4.69, 9.17) is 16.3 Å². The molecule has 8 heteroatoms. The van der Waals surface area contributed by atoms with Crippen molar-refractivity contribution in [2.45, 2.75) is 20.0 Å². The number of hydrogen-bond acceptors (Lipinski definition) is 4. The maximum atomic E-state index is 12.3. The summed E-state index contributed by atoms with van der Waals surface area (Å²) in [5.41, 5.74) is 2.67. The Morgan fingerprint density at radius 3 is 3.00 bits per heavy atom. The topological polar surface area (TPSA) is 84.8 Å². The highest BCUT2D eigenvalue weighted by molar-refractivity contribution is 6.31. The lowest BCUT2D eigenvalue weighted by Gasteiger charge is -2.06. The van der Waals surface area contributed by atoms with Crippen molar-refractivity contribution in [1.29, 1.82) is 0 Å². The number of nitrogens with zero attached hydrogens (tertiary/aromatic N) is 3. The van der Waals surface area contributed by atoms with Crippen molar-refractivity contribution < 1.29 is 9.53 Å². The zero-order chi connectivity index (χ0) is 17.8. The second-order valence-corrected chi connectivity index (χ2v) is 5.74. The first-order chi connectivity index (χ1) is 12.1. The first-order valence-electron chi connectivity index (χ1n) is 7.80. The maximum Gasteiger partial charge on any atom is 0.269 e. The molecule has 2 heterocycles. The highest BCUT2D eigenvalue weighted by Gasteiger charge is 2.14. The summed E-state index contributed by atoms with van der Waals surface area (Å²) in [6, 6.07) is 9.18. The summed E-state index contributed by atoms with van der Waals surface area (Å²) in [7, 11) is 1.61. The zero-order valence-corrected chi connectivity index (χ0v) is 14.7. The lowest BCUT2D eigenvalue weighted by molar-refractivity contribution is 0.0945. The monoisotopic (exact) mass is 359 g/mol.